The number of aromatic nitrogens is 1. The number of rotatable bonds is 1. The predicted molar refractivity (Wildman–Crippen MR) is 217 cm³/mol. The Balaban J connectivity index is 0.000000156. The van der Waals surface area contributed by atoms with E-state index in [9.17, 15) is 17.6 Å². The molecule has 0 aliphatic heterocycles. The third-order valence-electron chi connectivity index (χ3n) is 10.0. The second kappa shape index (κ2) is 15.2. The van der Waals surface area contributed by atoms with Crippen molar-refractivity contribution in [2.45, 2.75) is 61.8 Å². The van der Waals surface area contributed by atoms with Gasteiger partial charge in [-0.1, -0.05) is 74.6 Å². The first-order valence-electron chi connectivity index (χ1n) is 17.7. The Bertz CT molecular complexity index is 2630. The van der Waals surface area contributed by atoms with Gasteiger partial charge in [-0.15, -0.1) is 0 Å². The molecular formula is C47H38BrF4N3. The second-order valence-electron chi connectivity index (χ2n) is 14.4. The summed E-state index contributed by atoms with van der Waals surface area (Å²) in [6.07, 6.45) is 1.11. The number of aryl methyl sites for hydroxylation is 8. The minimum absolute atomic E-state index is 0.284. The molecular weight excluding hydrogens is 762 g/mol. The van der Waals surface area contributed by atoms with E-state index in [1.54, 1.807) is 6.07 Å². The molecule has 1 aliphatic carbocycles. The van der Waals surface area contributed by atoms with Crippen LogP contribution in [0.3, 0.4) is 0 Å². The van der Waals surface area contributed by atoms with Gasteiger partial charge in [0.1, 0.15) is 46.5 Å². The number of nitrogens with zero attached hydrogens (tertiary/aromatic N) is 3. The molecule has 1 aromatic heterocycles. The standard InChI is InChI=1S/C23H18F2N2.C17H18.C7H2BrF2N/c1-12-5-14(3)22-17(7-12)18-8-13(2)6-15(4)23(18)27(22)16-9-20(24)19(11-26)21(25)10-16;1-10-5-12(3)14-9-15-13(4)6-11(2)8-17(15)16(14)7-10;8-4-1-6(9)5(3-11)7(10)2-4/h5-10H,1-4H3;5-8H,9H2,1-4H3;1-2H. The molecule has 0 amide bonds. The maximum absolute atomic E-state index is 14.4. The highest BCUT2D eigenvalue weighted by atomic mass is 79.9. The van der Waals surface area contributed by atoms with Crippen LogP contribution in [0.25, 0.3) is 38.6 Å². The van der Waals surface area contributed by atoms with Crippen molar-refractivity contribution in [2.75, 3.05) is 0 Å². The summed E-state index contributed by atoms with van der Waals surface area (Å²) in [4.78, 5) is 0. The van der Waals surface area contributed by atoms with Gasteiger partial charge in [0.05, 0.1) is 16.7 Å². The molecule has 7 aromatic rings. The normalized spacial score (nSPS) is 11.3. The summed E-state index contributed by atoms with van der Waals surface area (Å²) in [5.74, 6) is -3.40. The molecule has 1 heterocycles. The van der Waals surface area contributed by atoms with Gasteiger partial charge in [0, 0.05) is 15.2 Å². The van der Waals surface area contributed by atoms with Crippen molar-refractivity contribution in [1.29, 1.82) is 10.5 Å². The van der Waals surface area contributed by atoms with E-state index in [0.29, 0.717) is 5.69 Å². The number of halogens is 5. The maximum Gasteiger partial charge on any atom is 0.146 e. The van der Waals surface area contributed by atoms with Crippen molar-refractivity contribution in [3.8, 4) is 29.0 Å². The van der Waals surface area contributed by atoms with Crippen LogP contribution in [0.5, 0.6) is 0 Å². The van der Waals surface area contributed by atoms with Gasteiger partial charge in [-0.3, -0.25) is 0 Å². The second-order valence-corrected chi connectivity index (χ2v) is 15.4. The Labute approximate surface area is 327 Å². The van der Waals surface area contributed by atoms with Crippen molar-refractivity contribution in [2.24, 2.45) is 0 Å². The first-order chi connectivity index (χ1) is 26.0. The molecule has 8 rings (SSSR count). The molecule has 3 nitrogen and oxygen atoms in total. The highest BCUT2D eigenvalue weighted by Crippen LogP contribution is 2.41. The van der Waals surface area contributed by atoms with Gasteiger partial charge in [0.15, 0.2) is 0 Å². The molecule has 276 valence electrons. The van der Waals surface area contributed by atoms with Crippen LogP contribution >= 0.6 is 15.9 Å². The van der Waals surface area contributed by atoms with E-state index in [0.717, 1.165) is 62.6 Å². The van der Waals surface area contributed by atoms with Crippen LogP contribution < -0.4 is 0 Å². The molecule has 0 radical (unpaired) electrons. The number of hydrogen-bond acceptors (Lipinski definition) is 2. The van der Waals surface area contributed by atoms with Gasteiger partial charge >= 0.3 is 0 Å². The number of hydrogen-bond donors (Lipinski definition) is 0. The molecule has 0 atom stereocenters. The Morgan fingerprint density at radius 1 is 0.491 bits per heavy atom. The monoisotopic (exact) mass is 799 g/mol. The molecule has 0 unspecified atom stereocenters. The molecule has 8 heteroatoms. The zero-order valence-corrected chi connectivity index (χ0v) is 33.5. The van der Waals surface area contributed by atoms with E-state index in [-0.39, 0.29) is 4.47 Å². The third-order valence-corrected chi connectivity index (χ3v) is 10.5. The highest BCUT2D eigenvalue weighted by molar-refractivity contribution is 9.10. The lowest BCUT2D eigenvalue weighted by atomic mass is 9.98. The number of benzene rings is 6. The summed E-state index contributed by atoms with van der Waals surface area (Å²) in [7, 11) is 0. The summed E-state index contributed by atoms with van der Waals surface area (Å²) >= 11 is 2.89. The fourth-order valence-corrected chi connectivity index (χ4v) is 8.26. The van der Waals surface area contributed by atoms with Gasteiger partial charge < -0.3 is 4.57 Å². The molecule has 1 aliphatic rings. The Hall–Kier alpha value is -5.70. The van der Waals surface area contributed by atoms with E-state index >= 15 is 0 Å². The van der Waals surface area contributed by atoms with Gasteiger partial charge in [0.25, 0.3) is 0 Å². The van der Waals surface area contributed by atoms with Crippen LogP contribution in [-0.4, -0.2) is 4.57 Å². The Morgan fingerprint density at radius 2 is 0.836 bits per heavy atom. The van der Waals surface area contributed by atoms with Gasteiger partial charge in [-0.05, 0) is 143 Å². The van der Waals surface area contributed by atoms with Crippen LogP contribution in [-0.2, 0) is 6.42 Å². The smallest absolute Gasteiger partial charge is 0.146 e. The van der Waals surface area contributed by atoms with E-state index in [4.69, 9.17) is 10.5 Å². The van der Waals surface area contributed by atoms with Crippen molar-refractivity contribution >= 4 is 37.7 Å². The minimum Gasteiger partial charge on any atom is -0.308 e. The van der Waals surface area contributed by atoms with Gasteiger partial charge in [-0.25, -0.2) is 17.6 Å². The average molecular weight is 801 g/mol. The Morgan fingerprint density at radius 3 is 1.22 bits per heavy atom. The van der Waals surface area contributed by atoms with Crippen molar-refractivity contribution in [3.63, 3.8) is 0 Å². The molecule has 0 saturated carbocycles. The van der Waals surface area contributed by atoms with Crippen LogP contribution in [0.2, 0.25) is 0 Å². The molecule has 0 saturated heterocycles. The zero-order chi connectivity index (χ0) is 40.0. The van der Waals surface area contributed by atoms with Crippen LogP contribution in [0.4, 0.5) is 17.6 Å². The lowest BCUT2D eigenvalue weighted by Crippen LogP contribution is -2.01. The number of fused-ring (bicyclic) bond motifs is 6. The molecule has 0 N–H and O–H groups in total. The molecule has 55 heavy (non-hydrogen) atoms. The summed E-state index contributed by atoms with van der Waals surface area (Å²) in [5.41, 5.74) is 17.0. The lowest BCUT2D eigenvalue weighted by Gasteiger charge is -2.12. The van der Waals surface area contributed by atoms with Crippen molar-refractivity contribution in [3.05, 3.63) is 167 Å². The summed E-state index contributed by atoms with van der Waals surface area (Å²) < 4.78 is 56.1. The minimum atomic E-state index is -0.850. The van der Waals surface area contributed by atoms with Gasteiger partial charge in [-0.2, -0.15) is 10.5 Å². The van der Waals surface area contributed by atoms with Gasteiger partial charge in [0.2, 0.25) is 0 Å². The molecule has 6 aromatic carbocycles. The largest absolute Gasteiger partial charge is 0.308 e. The van der Waals surface area contributed by atoms with Crippen LogP contribution in [0.15, 0.2) is 77.3 Å². The topological polar surface area (TPSA) is 52.5 Å². The number of nitriles is 2. The first-order valence-corrected chi connectivity index (χ1v) is 18.5. The van der Waals surface area contributed by atoms with Crippen LogP contribution in [0, 0.1) is 101 Å². The average Bonchev–Trinajstić information content (AvgIpc) is 3.62. The third kappa shape index (κ3) is 7.40. The molecule has 0 bridgehead atoms. The SMILES string of the molecule is Cc1cc(C)c2c(c1)-c1cc(C)cc(C)c1C2.Cc1cc(C)c2c(c1)c1cc(C)cc(C)c1n2-c1cc(F)c(C#N)c(F)c1.N#Cc1c(F)cc(Br)cc1F. The first kappa shape index (κ1) is 39.0. The summed E-state index contributed by atoms with van der Waals surface area (Å²) in [6, 6.07) is 25.2. The molecule has 0 fully saturated rings. The molecule has 0 spiro atoms. The van der Waals surface area contributed by atoms with E-state index < -0.39 is 34.4 Å². The lowest BCUT2D eigenvalue weighted by molar-refractivity contribution is 0.574. The van der Waals surface area contributed by atoms with E-state index in [1.807, 2.05) is 32.3 Å². The van der Waals surface area contributed by atoms with E-state index in [1.165, 1.54) is 62.7 Å². The summed E-state index contributed by atoms with van der Waals surface area (Å²) in [6.45, 7) is 16.9. The zero-order valence-electron chi connectivity index (χ0n) is 31.9. The summed E-state index contributed by atoms with van der Waals surface area (Å²) in [5, 5.41) is 19.3. The predicted octanol–water partition coefficient (Wildman–Crippen LogP) is 13.3. The Kier molecular flexibility index (Phi) is 10.8. The maximum atomic E-state index is 14.4. The fourth-order valence-electron chi connectivity index (χ4n) is 7.86. The van der Waals surface area contributed by atoms with Crippen molar-refractivity contribution < 1.29 is 17.6 Å². The fraction of sp³-hybridized carbons (Fsp3) is 0.191. The highest BCUT2D eigenvalue weighted by Gasteiger charge is 2.23. The van der Waals surface area contributed by atoms with Crippen molar-refractivity contribution in [1.82, 2.24) is 4.57 Å². The van der Waals surface area contributed by atoms with Crippen LogP contribution in [0.1, 0.15) is 66.8 Å². The quantitative estimate of drug-likeness (QED) is 0.155. The van der Waals surface area contributed by atoms with E-state index in [2.05, 4.69) is 92.2 Å².